The zero-order chi connectivity index (χ0) is 14.4. The van der Waals surface area contributed by atoms with Crippen LogP contribution < -0.4 is 5.32 Å². The van der Waals surface area contributed by atoms with Crippen molar-refractivity contribution in [3.05, 3.63) is 34.9 Å². The number of ether oxygens (including phenoxy) is 1. The van der Waals surface area contributed by atoms with Crippen LogP contribution >= 0.6 is 0 Å². The molecule has 1 aliphatic heterocycles. The zero-order valence-electron chi connectivity index (χ0n) is 12.4. The maximum atomic E-state index is 12.0. The summed E-state index contributed by atoms with van der Waals surface area (Å²) >= 11 is 0. The number of nitrogens with one attached hydrogen (secondary N) is 1. The molecule has 1 fully saturated rings. The largest absolute Gasteiger partial charge is 0.378 e. The Morgan fingerprint density at radius 3 is 2.80 bits per heavy atom. The standard InChI is InChI=1S/C16H24N2O2/c1-13-4-3-5-15(14(13)2)12-17-7-6-16(19)18-8-10-20-11-9-18/h3-5,17H,6-12H2,1-2H3. The summed E-state index contributed by atoms with van der Waals surface area (Å²) in [5.41, 5.74) is 3.96. The van der Waals surface area contributed by atoms with Gasteiger partial charge in [-0.1, -0.05) is 18.2 Å². The maximum absolute atomic E-state index is 12.0. The molecule has 1 heterocycles. The van der Waals surface area contributed by atoms with Gasteiger partial charge in [0.2, 0.25) is 5.91 Å². The quantitative estimate of drug-likeness (QED) is 0.831. The third-order valence-corrected chi connectivity index (χ3v) is 3.91. The van der Waals surface area contributed by atoms with E-state index < -0.39 is 0 Å². The van der Waals surface area contributed by atoms with Crippen molar-refractivity contribution in [2.45, 2.75) is 26.8 Å². The van der Waals surface area contributed by atoms with Crippen LogP contribution in [0.3, 0.4) is 0 Å². The van der Waals surface area contributed by atoms with Gasteiger partial charge in [0.05, 0.1) is 13.2 Å². The number of hydrogen-bond donors (Lipinski definition) is 1. The van der Waals surface area contributed by atoms with Gasteiger partial charge in [-0.3, -0.25) is 4.79 Å². The number of carbonyl (C=O) groups excluding carboxylic acids is 1. The molecule has 0 atom stereocenters. The minimum Gasteiger partial charge on any atom is -0.378 e. The van der Waals surface area contributed by atoms with Crippen molar-refractivity contribution in [2.75, 3.05) is 32.8 Å². The molecule has 0 aliphatic carbocycles. The van der Waals surface area contributed by atoms with E-state index in [9.17, 15) is 4.79 Å². The molecular formula is C16H24N2O2. The first-order chi connectivity index (χ1) is 9.68. The van der Waals surface area contributed by atoms with E-state index >= 15 is 0 Å². The second-order valence-electron chi connectivity index (χ2n) is 5.28. The Labute approximate surface area is 121 Å². The van der Waals surface area contributed by atoms with E-state index in [2.05, 4.69) is 37.4 Å². The fourth-order valence-electron chi connectivity index (χ4n) is 2.39. The van der Waals surface area contributed by atoms with Gasteiger partial charge in [0.15, 0.2) is 0 Å². The van der Waals surface area contributed by atoms with Crippen LogP contribution in [0.2, 0.25) is 0 Å². The van der Waals surface area contributed by atoms with Gasteiger partial charge in [0.25, 0.3) is 0 Å². The highest BCUT2D eigenvalue weighted by atomic mass is 16.5. The Morgan fingerprint density at radius 1 is 1.30 bits per heavy atom. The first-order valence-corrected chi connectivity index (χ1v) is 7.30. The summed E-state index contributed by atoms with van der Waals surface area (Å²) in [6.07, 6.45) is 0.560. The molecule has 1 amide bonds. The van der Waals surface area contributed by atoms with E-state index in [1.807, 2.05) is 4.90 Å². The summed E-state index contributed by atoms with van der Waals surface area (Å²) in [7, 11) is 0. The summed E-state index contributed by atoms with van der Waals surface area (Å²) in [6, 6.07) is 6.35. The molecule has 20 heavy (non-hydrogen) atoms. The van der Waals surface area contributed by atoms with Crippen molar-refractivity contribution < 1.29 is 9.53 Å². The summed E-state index contributed by atoms with van der Waals surface area (Å²) in [5, 5.41) is 3.36. The molecule has 2 rings (SSSR count). The lowest BCUT2D eigenvalue weighted by molar-refractivity contribution is -0.135. The van der Waals surface area contributed by atoms with Gasteiger partial charge in [-0.2, -0.15) is 0 Å². The van der Waals surface area contributed by atoms with Crippen molar-refractivity contribution in [1.82, 2.24) is 10.2 Å². The van der Waals surface area contributed by atoms with Gasteiger partial charge in [-0.25, -0.2) is 0 Å². The third kappa shape index (κ3) is 4.05. The van der Waals surface area contributed by atoms with Crippen LogP contribution in [0.5, 0.6) is 0 Å². The van der Waals surface area contributed by atoms with E-state index in [4.69, 9.17) is 4.74 Å². The summed E-state index contributed by atoms with van der Waals surface area (Å²) < 4.78 is 5.25. The van der Waals surface area contributed by atoms with Crippen molar-refractivity contribution in [3.8, 4) is 0 Å². The van der Waals surface area contributed by atoms with Gasteiger partial charge < -0.3 is 15.0 Å². The summed E-state index contributed by atoms with van der Waals surface area (Å²) in [4.78, 5) is 13.9. The Bertz CT molecular complexity index is 454. The minimum absolute atomic E-state index is 0.224. The van der Waals surface area contributed by atoms with Gasteiger partial charge in [0, 0.05) is 32.6 Å². The molecule has 1 saturated heterocycles. The lowest BCUT2D eigenvalue weighted by Gasteiger charge is -2.26. The Hall–Kier alpha value is -1.39. The second kappa shape index (κ2) is 7.41. The van der Waals surface area contributed by atoms with E-state index in [1.165, 1.54) is 16.7 Å². The highest BCUT2D eigenvalue weighted by Crippen LogP contribution is 2.12. The van der Waals surface area contributed by atoms with Gasteiger partial charge in [0.1, 0.15) is 0 Å². The lowest BCUT2D eigenvalue weighted by atomic mass is 10.0. The van der Waals surface area contributed by atoms with Gasteiger partial charge in [-0.15, -0.1) is 0 Å². The predicted molar refractivity (Wildman–Crippen MR) is 79.6 cm³/mol. The summed E-state index contributed by atoms with van der Waals surface area (Å²) in [5.74, 6) is 0.224. The maximum Gasteiger partial charge on any atom is 0.224 e. The molecule has 110 valence electrons. The molecule has 1 aliphatic rings. The van der Waals surface area contributed by atoms with Crippen molar-refractivity contribution >= 4 is 5.91 Å². The van der Waals surface area contributed by atoms with Crippen LogP contribution in [-0.4, -0.2) is 43.7 Å². The van der Waals surface area contributed by atoms with Crippen LogP contribution in [0, 0.1) is 13.8 Å². The van der Waals surface area contributed by atoms with Crippen LogP contribution in [-0.2, 0) is 16.1 Å². The fraction of sp³-hybridized carbons (Fsp3) is 0.562. The molecular weight excluding hydrogens is 252 g/mol. The van der Waals surface area contributed by atoms with Crippen molar-refractivity contribution in [3.63, 3.8) is 0 Å². The SMILES string of the molecule is Cc1cccc(CNCCC(=O)N2CCOCC2)c1C. The van der Waals surface area contributed by atoms with Crippen LogP contribution in [0.15, 0.2) is 18.2 Å². The molecule has 0 saturated carbocycles. The highest BCUT2D eigenvalue weighted by Gasteiger charge is 2.15. The first kappa shape index (κ1) is 15.0. The van der Waals surface area contributed by atoms with Gasteiger partial charge >= 0.3 is 0 Å². The highest BCUT2D eigenvalue weighted by molar-refractivity contribution is 5.76. The first-order valence-electron chi connectivity index (χ1n) is 7.30. The number of hydrogen-bond acceptors (Lipinski definition) is 3. The molecule has 1 N–H and O–H groups in total. The molecule has 0 spiro atoms. The van der Waals surface area contributed by atoms with Crippen LogP contribution in [0.25, 0.3) is 0 Å². The van der Waals surface area contributed by atoms with E-state index in [1.54, 1.807) is 0 Å². The third-order valence-electron chi connectivity index (χ3n) is 3.91. The normalized spacial score (nSPS) is 15.4. The number of rotatable bonds is 5. The number of benzene rings is 1. The molecule has 4 heteroatoms. The number of morpholine rings is 1. The van der Waals surface area contributed by atoms with E-state index in [-0.39, 0.29) is 5.91 Å². The Kier molecular flexibility index (Phi) is 5.56. The number of carbonyl (C=O) groups is 1. The summed E-state index contributed by atoms with van der Waals surface area (Å²) in [6.45, 7) is 8.62. The lowest BCUT2D eigenvalue weighted by Crippen LogP contribution is -2.41. The molecule has 1 aromatic rings. The molecule has 0 aromatic heterocycles. The number of nitrogens with zero attached hydrogens (tertiary/aromatic N) is 1. The molecule has 1 aromatic carbocycles. The van der Waals surface area contributed by atoms with Crippen LogP contribution in [0.1, 0.15) is 23.1 Å². The zero-order valence-corrected chi connectivity index (χ0v) is 12.4. The number of amides is 1. The van der Waals surface area contributed by atoms with E-state index in [0.29, 0.717) is 19.6 Å². The molecule has 0 bridgehead atoms. The van der Waals surface area contributed by atoms with Crippen molar-refractivity contribution in [2.24, 2.45) is 0 Å². The van der Waals surface area contributed by atoms with Crippen molar-refractivity contribution in [1.29, 1.82) is 0 Å². The topological polar surface area (TPSA) is 41.6 Å². The Balaban J connectivity index is 1.70. The van der Waals surface area contributed by atoms with Crippen LogP contribution in [0.4, 0.5) is 0 Å². The second-order valence-corrected chi connectivity index (χ2v) is 5.28. The monoisotopic (exact) mass is 276 g/mol. The average Bonchev–Trinajstić information content (AvgIpc) is 2.48. The van der Waals surface area contributed by atoms with E-state index in [0.717, 1.165) is 26.2 Å². The molecule has 0 unspecified atom stereocenters. The predicted octanol–water partition coefficient (Wildman–Crippen LogP) is 1.64. The molecule has 4 nitrogen and oxygen atoms in total. The van der Waals surface area contributed by atoms with Gasteiger partial charge in [-0.05, 0) is 30.5 Å². The number of aryl methyl sites for hydroxylation is 1. The molecule has 0 radical (unpaired) electrons. The smallest absolute Gasteiger partial charge is 0.224 e. The fourth-order valence-corrected chi connectivity index (χ4v) is 2.39. The average molecular weight is 276 g/mol. The Morgan fingerprint density at radius 2 is 2.05 bits per heavy atom. The minimum atomic E-state index is 0.224.